The number of benzene rings is 1. The summed E-state index contributed by atoms with van der Waals surface area (Å²) in [5.74, 6) is 0. The topological polar surface area (TPSA) is 0 Å². The van der Waals surface area contributed by atoms with Gasteiger partial charge in [0, 0.05) is 0 Å². The van der Waals surface area contributed by atoms with E-state index < -0.39 is 0 Å². The van der Waals surface area contributed by atoms with Gasteiger partial charge in [-0.05, 0) is 0 Å². The predicted octanol–water partition coefficient (Wildman–Crippen LogP) is 1.53. The number of hydrogen-bond donors (Lipinski definition) is 1. The maximum absolute atomic E-state index is 4.18. The van der Waals surface area contributed by atoms with E-state index in [-0.39, 0.29) is 0 Å². The second-order valence-corrected chi connectivity index (χ2v) is 2.98. The second kappa shape index (κ2) is 5.84. The van der Waals surface area contributed by atoms with Crippen molar-refractivity contribution in [3.8, 4) is 0 Å². The molecule has 2 heteroatoms. The molecule has 1 aromatic carbocycles. The van der Waals surface area contributed by atoms with Crippen LogP contribution in [-0.2, 0) is 0 Å². The minimum absolute atomic E-state index is 1.03. The summed E-state index contributed by atoms with van der Waals surface area (Å²) in [6.45, 7) is 4.00. The fraction of sp³-hybridized carbons (Fsp3) is 0.250. The van der Waals surface area contributed by atoms with Crippen molar-refractivity contribution >= 4 is 33.1 Å². The molecule has 0 N–H and O–H groups in total. The van der Waals surface area contributed by atoms with Crippen LogP contribution < -0.4 is 4.46 Å². The van der Waals surface area contributed by atoms with Gasteiger partial charge in [-0.2, -0.15) is 0 Å². The molecule has 0 nitrogen and oxygen atoms in total. The van der Waals surface area contributed by atoms with Crippen LogP contribution in [-0.4, -0.2) is 16.0 Å². The molecular weight excluding hydrogens is 207 g/mol. The summed E-state index contributed by atoms with van der Waals surface area (Å²) in [4.78, 5) is 1.03. The molecule has 0 bridgehead atoms. The van der Waals surface area contributed by atoms with E-state index in [2.05, 4.69) is 28.6 Å². The van der Waals surface area contributed by atoms with Crippen LogP contribution in [0.4, 0.5) is 0 Å². The summed E-state index contributed by atoms with van der Waals surface area (Å²) < 4.78 is 1.17. The van der Waals surface area contributed by atoms with E-state index in [1.54, 1.807) is 0 Å². The van der Waals surface area contributed by atoms with Gasteiger partial charge in [0.05, 0.1) is 0 Å². The predicted molar refractivity (Wildman–Crippen MR) is 51.8 cm³/mol. The monoisotopic (exact) mass is 220 g/mol. The Morgan fingerprint density at radius 2 is 1.70 bits per heavy atom. The molecule has 0 spiro atoms. The Bertz CT molecular complexity index is 165. The van der Waals surface area contributed by atoms with Crippen molar-refractivity contribution in [3.05, 3.63) is 24.3 Å². The van der Waals surface area contributed by atoms with Gasteiger partial charge in [0.25, 0.3) is 0 Å². The van der Waals surface area contributed by atoms with Crippen molar-refractivity contribution in [3.63, 3.8) is 0 Å². The Labute approximate surface area is 76.3 Å². The van der Waals surface area contributed by atoms with E-state index in [9.17, 15) is 0 Å². The first-order chi connectivity index (χ1) is 4.80. The first-order valence-corrected chi connectivity index (χ1v) is 4.66. The summed E-state index contributed by atoms with van der Waals surface area (Å²) in [5.41, 5.74) is 0. The summed E-state index contributed by atoms with van der Waals surface area (Å²) >= 11 is 6.65. The maximum atomic E-state index is 4.18. The molecule has 0 amide bonds. The van der Waals surface area contributed by atoms with Crippen LogP contribution in [0.3, 0.4) is 0 Å². The third-order valence-corrected chi connectivity index (χ3v) is 2.47. The van der Waals surface area contributed by atoms with E-state index in [0.29, 0.717) is 0 Å². The normalized spacial score (nSPS) is 8.00. The number of thiol groups is 1. The van der Waals surface area contributed by atoms with Crippen LogP contribution in [0, 0.1) is 0 Å². The fourth-order valence-corrected chi connectivity index (χ4v) is 0.962. The van der Waals surface area contributed by atoms with Gasteiger partial charge in [-0.1, -0.05) is 13.8 Å². The van der Waals surface area contributed by atoms with E-state index in [1.165, 1.54) is 4.46 Å². The molecule has 10 heavy (non-hydrogen) atoms. The van der Waals surface area contributed by atoms with Gasteiger partial charge in [0.1, 0.15) is 0 Å². The molecular formula is C8H12SSe. The molecule has 0 aliphatic carbocycles. The van der Waals surface area contributed by atoms with Crippen molar-refractivity contribution in [2.45, 2.75) is 18.7 Å². The zero-order chi connectivity index (χ0) is 7.98. The SMILES string of the molecule is CC.Sc1ccccc1[SeH]. The van der Waals surface area contributed by atoms with E-state index in [4.69, 9.17) is 0 Å². The van der Waals surface area contributed by atoms with Gasteiger partial charge in [0.15, 0.2) is 0 Å². The Morgan fingerprint density at radius 3 is 2.00 bits per heavy atom. The molecule has 56 valence electrons. The van der Waals surface area contributed by atoms with Crippen molar-refractivity contribution in [1.29, 1.82) is 0 Å². The molecule has 0 heterocycles. The van der Waals surface area contributed by atoms with Gasteiger partial charge in [-0.3, -0.25) is 0 Å². The summed E-state index contributed by atoms with van der Waals surface area (Å²) in [5, 5.41) is 0. The molecule has 0 fully saturated rings. The zero-order valence-electron chi connectivity index (χ0n) is 6.20. The van der Waals surface area contributed by atoms with Crippen LogP contribution >= 0.6 is 12.6 Å². The molecule has 0 atom stereocenters. The van der Waals surface area contributed by atoms with Crippen molar-refractivity contribution in [2.75, 3.05) is 0 Å². The van der Waals surface area contributed by atoms with Gasteiger partial charge < -0.3 is 0 Å². The molecule has 0 aliphatic heterocycles. The third-order valence-electron chi connectivity index (χ3n) is 0.882. The zero-order valence-corrected chi connectivity index (χ0v) is 8.97. The molecule has 0 aromatic heterocycles. The van der Waals surface area contributed by atoms with Crippen LogP contribution in [0.25, 0.3) is 0 Å². The Hall–Kier alpha value is 0.0895. The van der Waals surface area contributed by atoms with E-state index >= 15 is 0 Å². The van der Waals surface area contributed by atoms with E-state index in [0.717, 1.165) is 4.90 Å². The average molecular weight is 219 g/mol. The Kier molecular flexibility index (Phi) is 5.90. The van der Waals surface area contributed by atoms with Crippen LogP contribution in [0.5, 0.6) is 0 Å². The first kappa shape index (κ1) is 10.1. The fourth-order valence-electron chi connectivity index (χ4n) is 0.464. The van der Waals surface area contributed by atoms with Crippen LogP contribution in [0.15, 0.2) is 29.2 Å². The summed E-state index contributed by atoms with van der Waals surface area (Å²) in [6, 6.07) is 7.95. The van der Waals surface area contributed by atoms with Gasteiger partial charge in [-0.15, -0.1) is 0 Å². The first-order valence-electron chi connectivity index (χ1n) is 3.27. The molecule has 1 aromatic rings. The summed E-state index contributed by atoms with van der Waals surface area (Å²) in [7, 11) is 0. The Balaban J connectivity index is 0.000000371. The molecule has 0 unspecified atom stereocenters. The Morgan fingerprint density at radius 1 is 1.20 bits per heavy atom. The van der Waals surface area contributed by atoms with Gasteiger partial charge in [0.2, 0.25) is 0 Å². The molecule has 0 saturated carbocycles. The van der Waals surface area contributed by atoms with Crippen LogP contribution in [0.1, 0.15) is 13.8 Å². The van der Waals surface area contributed by atoms with Crippen molar-refractivity contribution in [1.82, 2.24) is 0 Å². The number of hydrogen-bond acceptors (Lipinski definition) is 1. The minimum atomic E-state index is 1.03. The van der Waals surface area contributed by atoms with Crippen molar-refractivity contribution in [2.24, 2.45) is 0 Å². The summed E-state index contributed by atoms with van der Waals surface area (Å²) in [6.07, 6.45) is 0. The van der Waals surface area contributed by atoms with Gasteiger partial charge >= 0.3 is 62.3 Å². The second-order valence-electron chi connectivity index (χ2n) is 1.49. The average Bonchev–Trinajstić information content (AvgIpc) is 2.00. The third kappa shape index (κ3) is 3.31. The number of rotatable bonds is 0. The quantitative estimate of drug-likeness (QED) is 0.496. The molecule has 0 aliphatic rings. The standard InChI is InChI=1S/C6H6SSe.C2H6/c7-5-3-1-2-4-6(5)8;1-2/h1-4,7-8H;1-2H3. The molecule has 0 radical (unpaired) electrons. The van der Waals surface area contributed by atoms with Gasteiger partial charge in [-0.25, -0.2) is 0 Å². The molecule has 1 rings (SSSR count). The van der Waals surface area contributed by atoms with Crippen molar-refractivity contribution < 1.29 is 0 Å². The molecule has 0 saturated heterocycles. The van der Waals surface area contributed by atoms with Crippen LogP contribution in [0.2, 0.25) is 0 Å². The van der Waals surface area contributed by atoms with E-state index in [1.807, 2.05) is 38.1 Å².